The Labute approximate surface area is 216 Å². The predicted molar refractivity (Wildman–Crippen MR) is 140 cm³/mol. The number of rotatable bonds is 6. The molecule has 1 heterocycles. The summed E-state index contributed by atoms with van der Waals surface area (Å²) >= 11 is 0. The summed E-state index contributed by atoms with van der Waals surface area (Å²) in [5.41, 5.74) is 2.87. The number of methoxy groups -OCH3 is 2. The first kappa shape index (κ1) is 25.9. The molecule has 0 saturated carbocycles. The van der Waals surface area contributed by atoms with Crippen LogP contribution in [0.15, 0.2) is 101 Å². The Balaban J connectivity index is 2.10. The first-order valence-electron chi connectivity index (χ1n) is 11.5. The van der Waals surface area contributed by atoms with E-state index in [2.05, 4.69) is 0 Å². The van der Waals surface area contributed by atoms with Crippen molar-refractivity contribution in [3.63, 3.8) is 0 Å². The van der Waals surface area contributed by atoms with Crippen molar-refractivity contribution in [1.82, 2.24) is 4.31 Å². The van der Waals surface area contributed by atoms with Gasteiger partial charge in [0.15, 0.2) is 5.70 Å². The molecule has 0 aromatic heterocycles. The number of esters is 2. The second-order valence-electron chi connectivity index (χ2n) is 8.62. The summed E-state index contributed by atoms with van der Waals surface area (Å²) < 4.78 is 39.4. The molecule has 3 aromatic rings. The fourth-order valence-corrected chi connectivity index (χ4v) is 5.83. The zero-order chi connectivity index (χ0) is 26.7. The van der Waals surface area contributed by atoms with Gasteiger partial charge >= 0.3 is 11.9 Å². The van der Waals surface area contributed by atoms with E-state index in [1.165, 1.54) is 19.2 Å². The van der Waals surface area contributed by atoms with Gasteiger partial charge in [-0.15, -0.1) is 0 Å². The average Bonchev–Trinajstić information content (AvgIpc) is 2.92. The molecule has 37 heavy (non-hydrogen) atoms. The molecule has 190 valence electrons. The Bertz CT molecular complexity index is 1490. The maximum Gasteiger partial charge on any atom is 0.356 e. The van der Waals surface area contributed by atoms with Crippen molar-refractivity contribution in [1.29, 1.82) is 0 Å². The van der Waals surface area contributed by atoms with Crippen LogP contribution in [0.2, 0.25) is 0 Å². The molecule has 8 heteroatoms. The molecule has 0 fully saturated rings. The van der Waals surface area contributed by atoms with Crippen LogP contribution < -0.4 is 0 Å². The summed E-state index contributed by atoms with van der Waals surface area (Å²) in [5, 5.41) is 0. The van der Waals surface area contributed by atoms with Crippen LogP contribution in [0.25, 0.3) is 5.57 Å². The fourth-order valence-electron chi connectivity index (χ4n) is 4.23. The third kappa shape index (κ3) is 4.93. The van der Waals surface area contributed by atoms with Gasteiger partial charge in [0.1, 0.15) is 0 Å². The highest BCUT2D eigenvalue weighted by atomic mass is 32.2. The highest BCUT2D eigenvalue weighted by Gasteiger charge is 2.44. The molecule has 3 aromatic carbocycles. The molecular formula is C29H27NO6S. The largest absolute Gasteiger partial charge is 0.465 e. The van der Waals surface area contributed by atoms with Gasteiger partial charge < -0.3 is 9.47 Å². The van der Waals surface area contributed by atoms with Crippen molar-refractivity contribution in [3.8, 4) is 0 Å². The second-order valence-corrected chi connectivity index (χ2v) is 10.4. The van der Waals surface area contributed by atoms with Crippen LogP contribution >= 0.6 is 0 Å². The molecule has 0 radical (unpaired) electrons. The summed E-state index contributed by atoms with van der Waals surface area (Å²) in [4.78, 5) is 26.5. The van der Waals surface area contributed by atoms with Crippen LogP contribution in [0.3, 0.4) is 0 Å². The molecule has 0 saturated heterocycles. The van der Waals surface area contributed by atoms with Gasteiger partial charge in [0.2, 0.25) is 0 Å². The number of hydrogen-bond donors (Lipinski definition) is 0. The smallest absolute Gasteiger partial charge is 0.356 e. The molecular weight excluding hydrogens is 490 g/mol. The Kier molecular flexibility index (Phi) is 7.31. The number of aryl methyl sites for hydroxylation is 2. The highest BCUT2D eigenvalue weighted by Crippen LogP contribution is 2.43. The van der Waals surface area contributed by atoms with E-state index in [0.717, 1.165) is 22.5 Å². The lowest BCUT2D eigenvalue weighted by molar-refractivity contribution is -0.140. The van der Waals surface area contributed by atoms with Gasteiger partial charge in [-0.25, -0.2) is 22.3 Å². The highest BCUT2D eigenvalue weighted by molar-refractivity contribution is 7.89. The molecule has 0 N–H and O–H groups in total. The van der Waals surface area contributed by atoms with Gasteiger partial charge in [0.25, 0.3) is 10.0 Å². The van der Waals surface area contributed by atoms with Crippen molar-refractivity contribution < 1.29 is 27.5 Å². The Hall–Kier alpha value is -4.17. The summed E-state index contributed by atoms with van der Waals surface area (Å²) in [6.45, 7) is 3.77. The van der Waals surface area contributed by atoms with Gasteiger partial charge in [-0.2, -0.15) is 0 Å². The van der Waals surface area contributed by atoms with Crippen LogP contribution in [0.1, 0.15) is 28.3 Å². The van der Waals surface area contributed by atoms with Crippen LogP contribution in [0, 0.1) is 13.8 Å². The molecule has 7 nitrogen and oxygen atoms in total. The molecule has 0 spiro atoms. The number of hydrogen-bond acceptors (Lipinski definition) is 6. The molecule has 4 rings (SSSR count). The van der Waals surface area contributed by atoms with E-state index >= 15 is 0 Å². The molecule has 0 bridgehead atoms. The predicted octanol–water partition coefficient (Wildman–Crippen LogP) is 4.73. The molecule has 1 atom stereocenters. The van der Waals surface area contributed by atoms with E-state index in [9.17, 15) is 18.0 Å². The van der Waals surface area contributed by atoms with Crippen molar-refractivity contribution in [2.75, 3.05) is 14.2 Å². The van der Waals surface area contributed by atoms with Crippen LogP contribution in [-0.2, 0) is 29.1 Å². The Morgan fingerprint density at radius 1 is 0.757 bits per heavy atom. The van der Waals surface area contributed by atoms with Crippen LogP contribution in [-0.4, -0.2) is 38.9 Å². The van der Waals surface area contributed by atoms with Gasteiger partial charge in [-0.1, -0.05) is 77.9 Å². The van der Waals surface area contributed by atoms with Crippen molar-refractivity contribution in [2.45, 2.75) is 24.8 Å². The number of benzene rings is 3. The van der Waals surface area contributed by atoms with Crippen molar-refractivity contribution >= 4 is 27.5 Å². The lowest BCUT2D eigenvalue weighted by atomic mass is 9.88. The van der Waals surface area contributed by atoms with Gasteiger partial charge in [0.05, 0.1) is 30.7 Å². The quantitative estimate of drug-likeness (QED) is 0.439. The molecule has 1 aliphatic heterocycles. The lowest BCUT2D eigenvalue weighted by Gasteiger charge is -2.37. The molecule has 0 aliphatic carbocycles. The number of carbonyl (C=O) groups excluding carboxylic acids is 2. The average molecular weight is 518 g/mol. The lowest BCUT2D eigenvalue weighted by Crippen LogP contribution is -2.41. The van der Waals surface area contributed by atoms with Crippen LogP contribution in [0.4, 0.5) is 0 Å². The third-order valence-corrected chi connectivity index (χ3v) is 7.95. The summed E-state index contributed by atoms with van der Waals surface area (Å²) in [5.74, 6) is -1.84. The van der Waals surface area contributed by atoms with Crippen molar-refractivity contribution in [3.05, 3.63) is 118 Å². The maximum absolute atomic E-state index is 14.2. The first-order valence-corrected chi connectivity index (χ1v) is 13.0. The maximum atomic E-state index is 14.2. The van der Waals surface area contributed by atoms with E-state index in [4.69, 9.17) is 9.47 Å². The number of nitrogens with zero attached hydrogens (tertiary/aromatic N) is 1. The molecule has 1 unspecified atom stereocenters. The van der Waals surface area contributed by atoms with E-state index in [1.54, 1.807) is 42.5 Å². The first-order chi connectivity index (χ1) is 17.7. The van der Waals surface area contributed by atoms with Gasteiger partial charge in [-0.05, 0) is 48.8 Å². The van der Waals surface area contributed by atoms with E-state index in [-0.39, 0.29) is 10.5 Å². The summed E-state index contributed by atoms with van der Waals surface area (Å²) in [7, 11) is -2.02. The minimum Gasteiger partial charge on any atom is -0.465 e. The molecule has 1 aliphatic rings. The van der Waals surface area contributed by atoms with E-state index < -0.39 is 33.7 Å². The number of carbonyl (C=O) groups is 2. The fraction of sp³-hybridized carbons (Fsp3) is 0.172. The normalized spacial score (nSPS) is 15.7. The Morgan fingerprint density at radius 2 is 1.30 bits per heavy atom. The second kappa shape index (κ2) is 10.4. The topological polar surface area (TPSA) is 90.0 Å². The summed E-state index contributed by atoms with van der Waals surface area (Å²) in [6.07, 6.45) is 1.67. The standard InChI is InChI=1S/C29H27NO6S/c1-19-10-14-21(15-11-19)24-18-25(22-8-6-5-7-9-22)30(27(29(32)36-4)26(24)28(31)35-3)37(33,34)23-16-12-20(2)13-17-23/h5-18,25H,1-4H3. The molecule has 0 amide bonds. The number of sulfonamides is 1. The summed E-state index contributed by atoms with van der Waals surface area (Å²) in [6, 6.07) is 21.6. The zero-order valence-corrected chi connectivity index (χ0v) is 21.8. The van der Waals surface area contributed by atoms with Gasteiger partial charge in [-0.3, -0.25) is 0 Å². The third-order valence-electron chi connectivity index (χ3n) is 6.15. The van der Waals surface area contributed by atoms with E-state index in [0.29, 0.717) is 16.7 Å². The van der Waals surface area contributed by atoms with E-state index in [1.807, 2.05) is 44.2 Å². The van der Waals surface area contributed by atoms with Crippen LogP contribution in [0.5, 0.6) is 0 Å². The monoisotopic (exact) mass is 517 g/mol. The zero-order valence-electron chi connectivity index (χ0n) is 21.0. The minimum atomic E-state index is -4.35. The Morgan fingerprint density at radius 3 is 1.84 bits per heavy atom. The van der Waals surface area contributed by atoms with Gasteiger partial charge in [0, 0.05) is 0 Å². The van der Waals surface area contributed by atoms with Crippen molar-refractivity contribution in [2.24, 2.45) is 0 Å². The SMILES string of the molecule is COC(=O)C1=C(C(=O)OC)N(S(=O)(=O)c2ccc(C)cc2)C(c2ccccc2)C=C1c1ccc(C)cc1. The minimum absolute atomic E-state index is 0.0307. The number of ether oxygens (including phenoxy) is 2.